The van der Waals surface area contributed by atoms with Crippen LogP contribution in [0.2, 0.25) is 0 Å². The lowest BCUT2D eigenvalue weighted by Gasteiger charge is -2.17. The molecule has 0 spiro atoms. The van der Waals surface area contributed by atoms with E-state index in [0.717, 1.165) is 30.5 Å². The number of carbonyl (C=O) groups is 1. The third kappa shape index (κ3) is 4.57. The molecule has 25 heavy (non-hydrogen) atoms. The number of nitrogens with one attached hydrogen (secondary N) is 1. The first-order valence-electron chi connectivity index (χ1n) is 8.64. The highest BCUT2D eigenvalue weighted by atomic mass is 19.1. The monoisotopic (exact) mass is 342 g/mol. The number of anilines is 1. The zero-order valence-corrected chi connectivity index (χ0v) is 14.1. The molecular weight excluding hydrogens is 319 g/mol. The minimum Gasteiger partial charge on any atom is -0.489 e. The molecule has 2 atom stereocenters. The zero-order chi connectivity index (χ0) is 17.6. The Morgan fingerprint density at radius 2 is 2.04 bits per heavy atom. The van der Waals surface area contributed by atoms with Crippen molar-refractivity contribution in [3.63, 3.8) is 0 Å². The Labute approximate surface area is 147 Å². The average molecular weight is 342 g/mol. The third-order valence-electron chi connectivity index (χ3n) is 4.69. The number of hydrogen-bond acceptors (Lipinski definition) is 3. The molecule has 3 rings (SSSR count). The van der Waals surface area contributed by atoms with Gasteiger partial charge in [0.05, 0.1) is 0 Å². The summed E-state index contributed by atoms with van der Waals surface area (Å²) in [5, 5.41) is 2.99. The zero-order valence-electron chi connectivity index (χ0n) is 14.1. The van der Waals surface area contributed by atoms with E-state index in [2.05, 4.69) is 5.32 Å². The maximum absolute atomic E-state index is 13.2. The Balaban J connectivity index is 1.60. The fraction of sp³-hybridized carbons (Fsp3) is 0.350. The molecule has 5 heteroatoms. The average Bonchev–Trinajstić information content (AvgIpc) is 3.09. The molecule has 0 aliphatic heterocycles. The van der Waals surface area contributed by atoms with E-state index in [9.17, 15) is 9.18 Å². The first-order chi connectivity index (χ1) is 12.2. The summed E-state index contributed by atoms with van der Waals surface area (Å²) in [6.45, 7) is 0.863. The lowest BCUT2D eigenvalue weighted by atomic mass is 9.95. The van der Waals surface area contributed by atoms with Crippen molar-refractivity contribution in [2.24, 2.45) is 17.6 Å². The molecule has 2 aromatic carbocycles. The van der Waals surface area contributed by atoms with Gasteiger partial charge in [-0.15, -0.1) is 0 Å². The third-order valence-corrected chi connectivity index (χ3v) is 4.69. The number of nitrogens with two attached hydrogens (primary N) is 1. The molecule has 4 nitrogen and oxygen atoms in total. The Morgan fingerprint density at radius 3 is 2.84 bits per heavy atom. The van der Waals surface area contributed by atoms with Gasteiger partial charge in [0.1, 0.15) is 18.2 Å². The van der Waals surface area contributed by atoms with Crippen LogP contribution in [0.15, 0.2) is 48.5 Å². The van der Waals surface area contributed by atoms with E-state index in [1.807, 2.05) is 24.3 Å². The van der Waals surface area contributed by atoms with Gasteiger partial charge in [-0.3, -0.25) is 4.79 Å². The second kappa shape index (κ2) is 8.12. The summed E-state index contributed by atoms with van der Waals surface area (Å²) in [5.74, 6) is 0.462. The quantitative estimate of drug-likeness (QED) is 0.841. The molecule has 0 aromatic heterocycles. The molecule has 3 N–H and O–H groups in total. The molecule has 0 heterocycles. The van der Waals surface area contributed by atoms with Crippen LogP contribution < -0.4 is 15.8 Å². The van der Waals surface area contributed by atoms with Gasteiger partial charge >= 0.3 is 0 Å². The summed E-state index contributed by atoms with van der Waals surface area (Å²) in [6.07, 6.45) is 2.98. The van der Waals surface area contributed by atoms with E-state index in [1.54, 1.807) is 12.1 Å². The van der Waals surface area contributed by atoms with Gasteiger partial charge in [0.25, 0.3) is 0 Å². The number of hydrogen-bond donors (Lipinski definition) is 2. The van der Waals surface area contributed by atoms with Crippen LogP contribution in [0.5, 0.6) is 5.75 Å². The second-order valence-electron chi connectivity index (χ2n) is 6.47. The molecular formula is C20H23FN2O2. The van der Waals surface area contributed by atoms with Crippen molar-refractivity contribution in [3.8, 4) is 5.75 Å². The van der Waals surface area contributed by atoms with Crippen LogP contribution in [0, 0.1) is 17.7 Å². The molecule has 0 saturated heterocycles. The van der Waals surface area contributed by atoms with Crippen LogP contribution in [-0.4, -0.2) is 12.5 Å². The summed E-state index contributed by atoms with van der Waals surface area (Å²) < 4.78 is 18.8. The van der Waals surface area contributed by atoms with Crippen molar-refractivity contribution in [3.05, 3.63) is 59.9 Å². The smallest absolute Gasteiger partial charge is 0.227 e. The molecule has 2 aromatic rings. The van der Waals surface area contributed by atoms with E-state index in [1.165, 1.54) is 12.1 Å². The van der Waals surface area contributed by atoms with Gasteiger partial charge in [-0.1, -0.05) is 24.6 Å². The summed E-state index contributed by atoms with van der Waals surface area (Å²) >= 11 is 0. The molecule has 1 fully saturated rings. The van der Waals surface area contributed by atoms with Crippen molar-refractivity contribution in [1.29, 1.82) is 0 Å². The molecule has 1 aliphatic carbocycles. The lowest BCUT2D eigenvalue weighted by molar-refractivity contribution is -0.120. The first kappa shape index (κ1) is 17.4. The Kier molecular flexibility index (Phi) is 5.66. The highest BCUT2D eigenvalue weighted by molar-refractivity contribution is 5.93. The molecule has 0 radical (unpaired) electrons. The van der Waals surface area contributed by atoms with Gasteiger partial charge in [-0.25, -0.2) is 4.39 Å². The number of rotatable bonds is 6. The van der Waals surface area contributed by atoms with Gasteiger partial charge in [-0.2, -0.15) is 0 Å². The SMILES string of the molecule is NC[C@H]1CCC[C@H]1C(=O)Nc1cccc(COc2cccc(F)c2)c1. The molecule has 0 unspecified atom stereocenters. The van der Waals surface area contributed by atoms with Crippen LogP contribution in [0.25, 0.3) is 0 Å². The van der Waals surface area contributed by atoms with Gasteiger partial charge in [0.2, 0.25) is 5.91 Å². The standard InChI is InChI=1S/C20H23FN2O2/c21-16-6-3-8-18(11-16)25-13-14-4-1-7-17(10-14)23-20(24)19-9-2-5-15(19)12-22/h1,3-4,6-8,10-11,15,19H,2,5,9,12-13,22H2,(H,23,24)/t15-,19-/m1/s1. The summed E-state index contributed by atoms with van der Waals surface area (Å²) in [7, 11) is 0. The fourth-order valence-corrected chi connectivity index (χ4v) is 3.36. The highest BCUT2D eigenvalue weighted by Crippen LogP contribution is 2.32. The van der Waals surface area contributed by atoms with Crippen LogP contribution in [-0.2, 0) is 11.4 Å². The van der Waals surface area contributed by atoms with Crippen LogP contribution in [0.4, 0.5) is 10.1 Å². The number of halogens is 1. The van der Waals surface area contributed by atoms with Crippen molar-refractivity contribution in [2.45, 2.75) is 25.9 Å². The molecule has 0 bridgehead atoms. The minimum atomic E-state index is -0.329. The summed E-state index contributed by atoms with van der Waals surface area (Å²) in [4.78, 5) is 12.5. The Hall–Kier alpha value is -2.40. The molecule has 1 saturated carbocycles. The topological polar surface area (TPSA) is 64.4 Å². The largest absolute Gasteiger partial charge is 0.489 e. The second-order valence-corrected chi connectivity index (χ2v) is 6.47. The first-order valence-corrected chi connectivity index (χ1v) is 8.64. The normalized spacial score (nSPS) is 19.6. The number of amides is 1. The van der Waals surface area contributed by atoms with E-state index in [4.69, 9.17) is 10.5 Å². The molecule has 1 aliphatic rings. The van der Waals surface area contributed by atoms with Crippen molar-refractivity contribution in [2.75, 3.05) is 11.9 Å². The van der Waals surface area contributed by atoms with Gasteiger partial charge in [0.15, 0.2) is 0 Å². The lowest BCUT2D eigenvalue weighted by Crippen LogP contribution is -2.29. The van der Waals surface area contributed by atoms with Crippen molar-refractivity contribution < 1.29 is 13.9 Å². The van der Waals surface area contributed by atoms with E-state index in [-0.39, 0.29) is 23.6 Å². The van der Waals surface area contributed by atoms with Crippen LogP contribution in [0.1, 0.15) is 24.8 Å². The maximum Gasteiger partial charge on any atom is 0.227 e. The molecule has 1 amide bonds. The highest BCUT2D eigenvalue weighted by Gasteiger charge is 2.31. The van der Waals surface area contributed by atoms with Gasteiger partial charge in [0, 0.05) is 17.7 Å². The van der Waals surface area contributed by atoms with Crippen LogP contribution >= 0.6 is 0 Å². The maximum atomic E-state index is 13.2. The van der Waals surface area contributed by atoms with E-state index >= 15 is 0 Å². The Bertz CT molecular complexity index is 735. The molecule has 132 valence electrons. The summed E-state index contributed by atoms with van der Waals surface area (Å²) in [5.41, 5.74) is 7.41. The number of ether oxygens (including phenoxy) is 1. The Morgan fingerprint density at radius 1 is 1.20 bits per heavy atom. The van der Waals surface area contributed by atoms with E-state index < -0.39 is 0 Å². The number of benzene rings is 2. The van der Waals surface area contributed by atoms with E-state index in [0.29, 0.717) is 18.9 Å². The predicted octanol–water partition coefficient (Wildman–Crippen LogP) is 3.72. The number of carbonyl (C=O) groups excluding carboxylic acids is 1. The predicted molar refractivity (Wildman–Crippen MR) is 95.7 cm³/mol. The van der Waals surface area contributed by atoms with Gasteiger partial charge < -0.3 is 15.8 Å². The van der Waals surface area contributed by atoms with Crippen LogP contribution in [0.3, 0.4) is 0 Å². The van der Waals surface area contributed by atoms with Crippen molar-refractivity contribution >= 4 is 11.6 Å². The summed E-state index contributed by atoms with van der Waals surface area (Å²) in [6, 6.07) is 13.6. The van der Waals surface area contributed by atoms with Gasteiger partial charge in [-0.05, 0) is 55.1 Å². The minimum absolute atomic E-state index is 0.00259. The fourth-order valence-electron chi connectivity index (χ4n) is 3.36. The van der Waals surface area contributed by atoms with Crippen molar-refractivity contribution in [1.82, 2.24) is 0 Å².